The molecule has 1 aromatic rings. The average Bonchev–Trinajstić information content (AvgIpc) is 2.79. The summed E-state index contributed by atoms with van der Waals surface area (Å²) in [7, 11) is 1.36. The van der Waals surface area contributed by atoms with Crippen LogP contribution in [0.15, 0.2) is 17.2 Å². The number of carbonyl (C=O) groups excluding carboxylic acids is 1. The lowest BCUT2D eigenvalue weighted by molar-refractivity contribution is -0.152. The molecule has 1 heterocycles. The fraction of sp³-hybridized carbons (Fsp3) is 0.429. The van der Waals surface area contributed by atoms with Crippen LogP contribution in [0.4, 0.5) is 0 Å². The third kappa shape index (κ3) is 3.09. The molecule has 0 aromatic heterocycles. The molecule has 1 aliphatic heterocycles. The third-order valence-corrected chi connectivity index (χ3v) is 4.24. The van der Waals surface area contributed by atoms with Crippen LogP contribution in [0.3, 0.4) is 0 Å². The number of carbonyl (C=O) groups is 1. The molecule has 0 bridgehead atoms. The molecule has 0 unspecified atom stereocenters. The zero-order valence-electron chi connectivity index (χ0n) is 11.8. The van der Waals surface area contributed by atoms with Crippen LogP contribution in [0.25, 0.3) is 0 Å². The number of nitrogens with zero attached hydrogens (tertiary/aromatic N) is 2. The van der Waals surface area contributed by atoms with E-state index in [9.17, 15) is 9.90 Å². The van der Waals surface area contributed by atoms with E-state index in [1.807, 2.05) is 0 Å². The van der Waals surface area contributed by atoms with Crippen molar-refractivity contribution in [3.05, 3.63) is 27.7 Å². The van der Waals surface area contributed by atoms with E-state index in [1.54, 1.807) is 11.9 Å². The Morgan fingerprint density at radius 3 is 2.67 bits per heavy atom. The summed E-state index contributed by atoms with van der Waals surface area (Å²) in [6, 6.07) is 2.77. The van der Waals surface area contributed by atoms with Gasteiger partial charge in [0.15, 0.2) is 5.54 Å². The van der Waals surface area contributed by atoms with E-state index >= 15 is 0 Å². The smallest absolute Gasteiger partial charge is 0.333 e. The van der Waals surface area contributed by atoms with E-state index in [-0.39, 0.29) is 11.7 Å². The van der Waals surface area contributed by atoms with Crippen LogP contribution in [-0.2, 0) is 9.53 Å². The monoisotopic (exact) mass is 330 g/mol. The van der Waals surface area contributed by atoms with Gasteiger partial charge in [-0.3, -0.25) is 5.01 Å². The highest BCUT2D eigenvalue weighted by atomic mass is 35.5. The van der Waals surface area contributed by atoms with Crippen molar-refractivity contribution in [1.82, 2.24) is 5.01 Å². The second kappa shape index (κ2) is 6.12. The van der Waals surface area contributed by atoms with E-state index in [0.29, 0.717) is 28.6 Å². The van der Waals surface area contributed by atoms with Gasteiger partial charge in [-0.1, -0.05) is 23.2 Å². The number of hydrogen-bond donors (Lipinski definition) is 1. The molecule has 1 atom stereocenters. The first-order valence-corrected chi connectivity index (χ1v) is 7.22. The maximum atomic E-state index is 11.9. The molecule has 0 spiro atoms. The molecule has 0 radical (unpaired) electrons. The van der Waals surface area contributed by atoms with Gasteiger partial charge in [0.25, 0.3) is 0 Å². The number of benzene rings is 1. The number of rotatable bonds is 3. The molecule has 1 aliphatic rings. The minimum Gasteiger partial charge on any atom is -0.508 e. The van der Waals surface area contributed by atoms with Crippen molar-refractivity contribution in [3.63, 3.8) is 0 Å². The maximum Gasteiger partial charge on any atom is 0.333 e. The van der Waals surface area contributed by atoms with Crippen LogP contribution in [0.1, 0.15) is 25.3 Å². The predicted octanol–water partition coefficient (Wildman–Crippen LogP) is 3.06. The molecule has 21 heavy (non-hydrogen) atoms. The van der Waals surface area contributed by atoms with E-state index in [2.05, 4.69) is 5.10 Å². The standard InChI is InChI=1S/C14H16Cl2N2O3/c1-14(13(20)21-2)4-3-5-18(14)17-8-10-11(15)6-9(19)7-12(10)16/h6-8,19H,3-5H2,1-2H3/t14-/m1/s1. The molecule has 0 aliphatic carbocycles. The third-order valence-electron chi connectivity index (χ3n) is 3.62. The molecule has 1 fully saturated rings. The van der Waals surface area contributed by atoms with Crippen LogP contribution >= 0.6 is 23.2 Å². The molecule has 1 aromatic carbocycles. The van der Waals surface area contributed by atoms with Crippen molar-refractivity contribution in [3.8, 4) is 5.75 Å². The number of phenolic OH excluding ortho intramolecular Hbond substituents is 1. The zero-order valence-corrected chi connectivity index (χ0v) is 13.3. The highest BCUT2D eigenvalue weighted by Gasteiger charge is 2.44. The Labute approximate surface area is 133 Å². The number of methoxy groups -OCH3 is 1. The summed E-state index contributed by atoms with van der Waals surface area (Å²) in [5.41, 5.74) is -0.281. The van der Waals surface area contributed by atoms with Gasteiger partial charge in [0, 0.05) is 12.1 Å². The Balaban J connectivity index is 2.27. The summed E-state index contributed by atoms with van der Waals surface area (Å²) in [6.07, 6.45) is 3.02. The van der Waals surface area contributed by atoms with Gasteiger partial charge in [-0.05, 0) is 31.9 Å². The number of ether oxygens (including phenoxy) is 1. The van der Waals surface area contributed by atoms with Crippen LogP contribution < -0.4 is 0 Å². The maximum absolute atomic E-state index is 11.9. The quantitative estimate of drug-likeness (QED) is 0.683. The Morgan fingerprint density at radius 2 is 2.10 bits per heavy atom. The summed E-state index contributed by atoms with van der Waals surface area (Å²) in [5.74, 6) is -0.331. The van der Waals surface area contributed by atoms with Crippen LogP contribution in [0.5, 0.6) is 5.75 Å². The summed E-state index contributed by atoms with van der Waals surface area (Å²) in [5, 5.41) is 16.0. The molecule has 114 valence electrons. The summed E-state index contributed by atoms with van der Waals surface area (Å²) in [4.78, 5) is 11.9. The molecule has 1 saturated heterocycles. The van der Waals surface area contributed by atoms with E-state index in [0.717, 1.165) is 6.42 Å². The van der Waals surface area contributed by atoms with Gasteiger partial charge < -0.3 is 9.84 Å². The van der Waals surface area contributed by atoms with Crippen molar-refractivity contribution >= 4 is 35.4 Å². The van der Waals surface area contributed by atoms with Gasteiger partial charge in [-0.25, -0.2) is 4.79 Å². The lowest BCUT2D eigenvalue weighted by Gasteiger charge is -2.29. The second-order valence-corrected chi connectivity index (χ2v) is 5.87. The normalized spacial score (nSPS) is 22.0. The highest BCUT2D eigenvalue weighted by Crippen LogP contribution is 2.32. The first-order valence-electron chi connectivity index (χ1n) is 6.46. The van der Waals surface area contributed by atoms with Gasteiger partial charge in [0.1, 0.15) is 5.75 Å². The molecular formula is C14H16Cl2N2O3. The lowest BCUT2D eigenvalue weighted by atomic mass is 10.0. The fourth-order valence-corrected chi connectivity index (χ4v) is 2.96. The Hall–Kier alpha value is -1.46. The van der Waals surface area contributed by atoms with Crippen molar-refractivity contribution in [1.29, 1.82) is 0 Å². The summed E-state index contributed by atoms with van der Waals surface area (Å²) >= 11 is 12.1. The van der Waals surface area contributed by atoms with E-state index < -0.39 is 5.54 Å². The first kappa shape index (κ1) is 15.9. The van der Waals surface area contributed by atoms with E-state index in [1.165, 1.54) is 25.5 Å². The minimum atomic E-state index is -0.777. The fourth-order valence-electron chi connectivity index (χ4n) is 2.38. The number of halogens is 2. The number of hydrogen-bond acceptors (Lipinski definition) is 5. The number of phenols is 1. The van der Waals surface area contributed by atoms with Gasteiger partial charge in [-0.15, -0.1) is 0 Å². The van der Waals surface area contributed by atoms with Crippen LogP contribution in [0.2, 0.25) is 10.0 Å². The Kier molecular flexibility index (Phi) is 4.64. The molecule has 5 nitrogen and oxygen atoms in total. The lowest BCUT2D eigenvalue weighted by Crippen LogP contribution is -2.45. The number of hydrazone groups is 1. The summed E-state index contributed by atoms with van der Waals surface area (Å²) in [6.45, 7) is 2.44. The highest BCUT2D eigenvalue weighted by molar-refractivity contribution is 6.38. The second-order valence-electron chi connectivity index (χ2n) is 5.06. The van der Waals surface area contributed by atoms with Gasteiger partial charge in [-0.2, -0.15) is 5.10 Å². The van der Waals surface area contributed by atoms with Crippen LogP contribution in [-0.4, -0.2) is 41.5 Å². The van der Waals surface area contributed by atoms with Crippen molar-refractivity contribution in [2.75, 3.05) is 13.7 Å². The van der Waals surface area contributed by atoms with Gasteiger partial charge in [0.2, 0.25) is 0 Å². The average molecular weight is 331 g/mol. The number of esters is 1. The van der Waals surface area contributed by atoms with Crippen molar-refractivity contribution in [2.45, 2.75) is 25.3 Å². The molecule has 7 heteroatoms. The predicted molar refractivity (Wildman–Crippen MR) is 82.1 cm³/mol. The SMILES string of the molecule is COC(=O)[C@@]1(C)CCCN1N=Cc1c(Cl)cc(O)cc1Cl. The van der Waals surface area contributed by atoms with Crippen molar-refractivity contribution in [2.24, 2.45) is 5.10 Å². The molecule has 2 rings (SSSR count). The minimum absolute atomic E-state index is 0.0114. The van der Waals surface area contributed by atoms with Crippen molar-refractivity contribution < 1.29 is 14.6 Å². The molecule has 0 saturated carbocycles. The Morgan fingerprint density at radius 1 is 1.48 bits per heavy atom. The topological polar surface area (TPSA) is 62.1 Å². The van der Waals surface area contributed by atoms with Gasteiger partial charge >= 0.3 is 5.97 Å². The first-order chi connectivity index (χ1) is 9.88. The zero-order chi connectivity index (χ0) is 15.6. The molecular weight excluding hydrogens is 315 g/mol. The largest absolute Gasteiger partial charge is 0.508 e. The Bertz CT molecular complexity index is 569. The van der Waals surface area contributed by atoms with E-state index in [4.69, 9.17) is 27.9 Å². The number of aromatic hydroxyl groups is 1. The van der Waals surface area contributed by atoms with Crippen LogP contribution in [0, 0.1) is 0 Å². The van der Waals surface area contributed by atoms with Gasteiger partial charge in [0.05, 0.1) is 23.4 Å². The summed E-state index contributed by atoms with van der Waals surface area (Å²) < 4.78 is 4.84. The molecule has 1 N–H and O–H groups in total. The molecule has 0 amide bonds.